The van der Waals surface area contributed by atoms with Gasteiger partial charge in [0.15, 0.2) is 0 Å². The van der Waals surface area contributed by atoms with Crippen LogP contribution < -0.4 is 0 Å². The van der Waals surface area contributed by atoms with Crippen molar-refractivity contribution >= 4 is 0 Å². The molecule has 0 heterocycles. The molecule has 1 aromatic rings. The highest BCUT2D eigenvalue weighted by Crippen LogP contribution is 2.15. The van der Waals surface area contributed by atoms with Crippen LogP contribution in [0.4, 0.5) is 0 Å². The largest absolute Gasteiger partial charge is 0.388 e. The number of rotatable bonds is 3. The smallest absolute Gasteiger partial charge is 0.266 e. The summed E-state index contributed by atoms with van der Waals surface area (Å²) in [6.45, 7) is 5.46. The van der Waals surface area contributed by atoms with Gasteiger partial charge in [-0.2, -0.15) is 0 Å². The summed E-state index contributed by atoms with van der Waals surface area (Å²) >= 11 is 0. The monoisotopic (exact) mass is 162 g/mol. The Balaban J connectivity index is 2.55. The Kier molecular flexibility index (Phi) is 3.31. The van der Waals surface area contributed by atoms with Crippen LogP contribution in [0.25, 0.3) is 4.85 Å². The predicted molar refractivity (Wildman–Crippen MR) is 49.2 cm³/mol. The van der Waals surface area contributed by atoms with Gasteiger partial charge in [0.25, 0.3) is 13.1 Å². The summed E-state index contributed by atoms with van der Waals surface area (Å²) in [5.41, 5.74) is 0.918. The van der Waals surface area contributed by atoms with Gasteiger partial charge in [-0.05, 0) is 5.56 Å². The van der Waals surface area contributed by atoms with Crippen LogP contribution >= 0.6 is 0 Å². The van der Waals surface area contributed by atoms with E-state index in [1.54, 1.807) is 0 Å². The van der Waals surface area contributed by atoms with Gasteiger partial charge in [0.05, 0.1) is 12.5 Å². The van der Waals surface area contributed by atoms with Gasteiger partial charge in [-0.25, -0.2) is 0 Å². The number of nitrogens with zero attached hydrogens (tertiary/aromatic N) is 1. The normalized spacial score (nSPS) is 12.0. The first-order chi connectivity index (χ1) is 5.84. The third-order valence-corrected chi connectivity index (χ3v) is 1.72. The van der Waals surface area contributed by atoms with Gasteiger partial charge in [-0.15, -0.1) is 0 Å². The van der Waals surface area contributed by atoms with Gasteiger partial charge in [0.1, 0.15) is 0 Å². The van der Waals surface area contributed by atoms with Crippen LogP contribution in [-0.2, 0) is 0 Å². The third kappa shape index (κ3) is 2.37. The molecular formula is C10H12NO+. The van der Waals surface area contributed by atoms with Crippen molar-refractivity contribution in [1.82, 2.24) is 0 Å². The highest BCUT2D eigenvalue weighted by Gasteiger charge is 2.07. The zero-order valence-corrected chi connectivity index (χ0v) is 6.85. The second-order valence-corrected chi connectivity index (χ2v) is 2.62. The van der Waals surface area contributed by atoms with E-state index in [0.717, 1.165) is 5.56 Å². The molecule has 1 rings (SSSR count). The number of aliphatic hydroxyl groups excluding tert-OH is 1. The summed E-state index contributed by atoms with van der Waals surface area (Å²) in [5.74, 6) is 0. The fourth-order valence-corrected chi connectivity index (χ4v) is 1.04. The van der Waals surface area contributed by atoms with Crippen molar-refractivity contribution in [3.05, 3.63) is 40.7 Å². The topological polar surface area (TPSA) is 24.6 Å². The Hall–Kier alpha value is -1.33. The molecule has 1 atom stereocenters. The summed E-state index contributed by atoms with van der Waals surface area (Å²) in [6.07, 6.45) is 0.138. The molecule has 0 saturated carbocycles. The average Bonchev–Trinajstić information content (AvgIpc) is 2.15. The summed E-state index contributed by atoms with van der Waals surface area (Å²) in [5, 5.41) is 9.54. The fraction of sp³-hybridized carbons (Fsp3) is 0.300. The highest BCUT2D eigenvalue weighted by molar-refractivity contribution is 5.17. The summed E-state index contributed by atoms with van der Waals surface area (Å²) in [7, 11) is 0. The maximum absolute atomic E-state index is 9.54. The summed E-state index contributed by atoms with van der Waals surface area (Å²) < 4.78 is 0. The quantitative estimate of drug-likeness (QED) is 0.723. The van der Waals surface area contributed by atoms with Gasteiger partial charge in [-0.1, -0.05) is 35.2 Å². The Bertz CT molecular complexity index is 263. The minimum absolute atomic E-state index is 0.446. The lowest BCUT2D eigenvalue weighted by Crippen LogP contribution is -1.97. The SMILES string of the molecule is C#[N+]CCC(O)c1ccccc1. The molecule has 0 aliphatic carbocycles. The van der Waals surface area contributed by atoms with Gasteiger partial charge in [0, 0.05) is 0 Å². The molecule has 12 heavy (non-hydrogen) atoms. The summed E-state index contributed by atoms with van der Waals surface area (Å²) in [6, 6.07) is 9.50. The van der Waals surface area contributed by atoms with E-state index in [9.17, 15) is 5.11 Å². The molecule has 2 nitrogen and oxygen atoms in total. The zero-order valence-electron chi connectivity index (χ0n) is 6.85. The molecule has 0 spiro atoms. The molecule has 2 heteroatoms. The first kappa shape index (κ1) is 8.76. The lowest BCUT2D eigenvalue weighted by molar-refractivity contribution is 0.172. The maximum atomic E-state index is 9.54. The van der Waals surface area contributed by atoms with Crippen LogP contribution in [0.3, 0.4) is 0 Å². The standard InChI is InChI=1S/C10H12NO/c1-11-8-7-10(12)9-5-3-2-4-6-9/h1-6,10,12H,7-8H2/q+1. The van der Waals surface area contributed by atoms with Crippen LogP contribution in [0.5, 0.6) is 0 Å². The van der Waals surface area contributed by atoms with Crippen LogP contribution in [0.2, 0.25) is 0 Å². The number of hydrogen-bond acceptors (Lipinski definition) is 1. The van der Waals surface area contributed by atoms with Gasteiger partial charge >= 0.3 is 0 Å². The van der Waals surface area contributed by atoms with E-state index in [1.807, 2.05) is 30.3 Å². The second kappa shape index (κ2) is 4.53. The molecule has 0 amide bonds. The average molecular weight is 162 g/mol. The first-order valence-electron chi connectivity index (χ1n) is 3.94. The lowest BCUT2D eigenvalue weighted by Gasteiger charge is -2.05. The number of hydrogen-bond donors (Lipinski definition) is 1. The highest BCUT2D eigenvalue weighted by atomic mass is 16.3. The molecule has 0 aliphatic rings. The van der Waals surface area contributed by atoms with Crippen LogP contribution in [0, 0.1) is 6.57 Å². The molecule has 0 aromatic heterocycles. The zero-order chi connectivity index (χ0) is 8.81. The molecule has 1 N–H and O–H groups in total. The van der Waals surface area contributed by atoms with E-state index in [-0.39, 0.29) is 0 Å². The molecule has 0 radical (unpaired) electrons. The van der Waals surface area contributed by atoms with Crippen molar-refractivity contribution < 1.29 is 5.11 Å². The molecule has 0 saturated heterocycles. The Labute approximate surface area is 72.3 Å². The van der Waals surface area contributed by atoms with E-state index in [1.165, 1.54) is 0 Å². The molecular weight excluding hydrogens is 150 g/mol. The molecule has 0 bridgehead atoms. The molecule has 62 valence electrons. The Morgan fingerprint density at radius 3 is 2.58 bits per heavy atom. The van der Waals surface area contributed by atoms with Crippen molar-refractivity contribution in [2.24, 2.45) is 0 Å². The molecule has 0 aliphatic heterocycles. The Morgan fingerprint density at radius 1 is 1.33 bits per heavy atom. The molecule has 1 aromatic carbocycles. The minimum atomic E-state index is -0.446. The van der Waals surface area contributed by atoms with E-state index in [2.05, 4.69) is 4.85 Å². The maximum Gasteiger partial charge on any atom is 0.266 e. The second-order valence-electron chi connectivity index (χ2n) is 2.62. The van der Waals surface area contributed by atoms with Gasteiger partial charge in [-0.3, -0.25) is 0 Å². The van der Waals surface area contributed by atoms with E-state index in [4.69, 9.17) is 6.57 Å². The first-order valence-corrected chi connectivity index (χ1v) is 3.94. The third-order valence-electron chi connectivity index (χ3n) is 1.72. The van der Waals surface area contributed by atoms with Crippen molar-refractivity contribution in [2.45, 2.75) is 12.5 Å². The van der Waals surface area contributed by atoms with Crippen LogP contribution in [0.15, 0.2) is 30.3 Å². The van der Waals surface area contributed by atoms with Crippen LogP contribution in [0.1, 0.15) is 18.1 Å². The Morgan fingerprint density at radius 2 is 2.00 bits per heavy atom. The minimum Gasteiger partial charge on any atom is -0.388 e. The van der Waals surface area contributed by atoms with E-state index in [0.29, 0.717) is 13.0 Å². The molecule has 1 unspecified atom stereocenters. The van der Waals surface area contributed by atoms with E-state index < -0.39 is 6.10 Å². The predicted octanol–water partition coefficient (Wildman–Crippen LogP) is 2.07. The lowest BCUT2D eigenvalue weighted by atomic mass is 10.1. The fourth-order valence-electron chi connectivity index (χ4n) is 1.04. The number of benzene rings is 1. The van der Waals surface area contributed by atoms with Gasteiger partial charge < -0.3 is 5.11 Å². The van der Waals surface area contributed by atoms with Crippen molar-refractivity contribution in [2.75, 3.05) is 6.54 Å². The van der Waals surface area contributed by atoms with Crippen molar-refractivity contribution in [3.63, 3.8) is 0 Å². The summed E-state index contributed by atoms with van der Waals surface area (Å²) in [4.78, 5) is 3.44. The van der Waals surface area contributed by atoms with Crippen molar-refractivity contribution in [3.8, 4) is 6.57 Å². The van der Waals surface area contributed by atoms with Gasteiger partial charge in [0.2, 0.25) is 0 Å². The molecule has 0 fully saturated rings. The van der Waals surface area contributed by atoms with E-state index >= 15 is 0 Å². The van der Waals surface area contributed by atoms with Crippen LogP contribution in [-0.4, -0.2) is 11.7 Å². The van der Waals surface area contributed by atoms with Crippen molar-refractivity contribution in [1.29, 1.82) is 0 Å². The number of aliphatic hydroxyl groups is 1.